The fourth-order valence-corrected chi connectivity index (χ4v) is 3.76. The average Bonchev–Trinajstić information content (AvgIpc) is 3.15. The van der Waals surface area contributed by atoms with E-state index in [1.807, 2.05) is 31.2 Å². The largest absolute Gasteiger partial charge is 0.496 e. The SMILES string of the molecule is COc1cc(OC)c(OC)cc1/C=C1\Oc2c(ccc(OCc3ccccc3C)c2C)C1=O. The van der Waals surface area contributed by atoms with Crippen LogP contribution in [0.2, 0.25) is 0 Å². The maximum Gasteiger partial charge on any atom is 0.231 e. The zero-order valence-electron chi connectivity index (χ0n) is 19.4. The van der Waals surface area contributed by atoms with Crippen molar-refractivity contribution in [3.05, 3.63) is 82.1 Å². The second kappa shape index (κ2) is 9.28. The maximum atomic E-state index is 13.0. The summed E-state index contributed by atoms with van der Waals surface area (Å²) in [4.78, 5) is 13.0. The van der Waals surface area contributed by atoms with E-state index < -0.39 is 0 Å². The number of allylic oxidation sites excluding steroid dienone is 1. The van der Waals surface area contributed by atoms with E-state index in [-0.39, 0.29) is 11.5 Å². The molecule has 0 unspecified atom stereocenters. The Balaban J connectivity index is 1.63. The molecule has 0 atom stereocenters. The van der Waals surface area contributed by atoms with E-state index in [9.17, 15) is 4.79 Å². The van der Waals surface area contributed by atoms with Crippen molar-refractivity contribution in [2.24, 2.45) is 0 Å². The van der Waals surface area contributed by atoms with E-state index in [4.69, 9.17) is 23.7 Å². The molecule has 4 rings (SSSR count). The molecular weight excluding hydrogens is 420 g/mol. The Hall–Kier alpha value is -3.93. The highest BCUT2D eigenvalue weighted by molar-refractivity contribution is 6.15. The van der Waals surface area contributed by atoms with Gasteiger partial charge in [0.25, 0.3) is 0 Å². The van der Waals surface area contributed by atoms with Gasteiger partial charge in [-0.25, -0.2) is 0 Å². The van der Waals surface area contributed by atoms with E-state index in [1.54, 1.807) is 45.6 Å². The summed E-state index contributed by atoms with van der Waals surface area (Å²) in [5, 5.41) is 0. The number of hydrogen-bond donors (Lipinski definition) is 0. The first-order chi connectivity index (χ1) is 16.0. The number of ether oxygens (including phenoxy) is 5. The van der Waals surface area contributed by atoms with Gasteiger partial charge in [-0.05, 0) is 49.2 Å². The van der Waals surface area contributed by atoms with Crippen molar-refractivity contribution in [3.8, 4) is 28.7 Å². The van der Waals surface area contributed by atoms with Crippen LogP contribution in [0.15, 0.2) is 54.3 Å². The highest BCUT2D eigenvalue weighted by Crippen LogP contribution is 2.41. The third-order valence-corrected chi connectivity index (χ3v) is 5.70. The molecule has 3 aromatic rings. The molecule has 0 bridgehead atoms. The Morgan fingerprint density at radius 1 is 0.848 bits per heavy atom. The molecular formula is C27H26O6. The molecule has 0 aliphatic carbocycles. The van der Waals surface area contributed by atoms with Gasteiger partial charge in [-0.15, -0.1) is 0 Å². The molecule has 0 aromatic heterocycles. The van der Waals surface area contributed by atoms with E-state index in [1.165, 1.54) is 0 Å². The molecule has 0 radical (unpaired) electrons. The number of aryl methyl sites for hydroxylation is 1. The maximum absolute atomic E-state index is 13.0. The first-order valence-corrected chi connectivity index (χ1v) is 10.5. The lowest BCUT2D eigenvalue weighted by atomic mass is 10.0. The summed E-state index contributed by atoms with van der Waals surface area (Å²) in [6.07, 6.45) is 1.65. The minimum absolute atomic E-state index is 0.199. The average molecular weight is 446 g/mol. The van der Waals surface area contributed by atoms with Crippen molar-refractivity contribution in [1.82, 2.24) is 0 Å². The zero-order chi connectivity index (χ0) is 23.5. The van der Waals surface area contributed by atoms with Crippen LogP contribution < -0.4 is 23.7 Å². The van der Waals surface area contributed by atoms with Gasteiger partial charge in [-0.3, -0.25) is 4.79 Å². The van der Waals surface area contributed by atoms with Gasteiger partial charge in [-0.2, -0.15) is 0 Å². The molecule has 0 fully saturated rings. The molecule has 33 heavy (non-hydrogen) atoms. The number of ketones is 1. The number of benzene rings is 3. The molecule has 6 nitrogen and oxygen atoms in total. The number of Topliss-reactive ketones (excluding diaryl/α,β-unsaturated/α-hetero) is 1. The van der Waals surface area contributed by atoms with Crippen LogP contribution in [-0.4, -0.2) is 27.1 Å². The molecule has 0 spiro atoms. The van der Waals surface area contributed by atoms with E-state index in [0.717, 1.165) is 16.7 Å². The predicted molar refractivity (Wildman–Crippen MR) is 126 cm³/mol. The summed E-state index contributed by atoms with van der Waals surface area (Å²) in [6.45, 7) is 4.38. The van der Waals surface area contributed by atoms with Gasteiger partial charge >= 0.3 is 0 Å². The van der Waals surface area contributed by atoms with Crippen LogP contribution in [0.4, 0.5) is 0 Å². The van der Waals surface area contributed by atoms with Crippen molar-refractivity contribution in [2.45, 2.75) is 20.5 Å². The number of rotatable bonds is 7. The summed E-state index contributed by atoms with van der Waals surface area (Å²) in [5.74, 6) is 2.78. The highest BCUT2D eigenvalue weighted by atomic mass is 16.5. The molecule has 6 heteroatoms. The van der Waals surface area contributed by atoms with Crippen LogP contribution >= 0.6 is 0 Å². The summed E-state index contributed by atoms with van der Waals surface area (Å²) < 4.78 is 28.2. The second-order valence-electron chi connectivity index (χ2n) is 7.67. The Labute approximate surface area is 193 Å². The molecule has 1 aliphatic rings. The molecule has 1 heterocycles. The van der Waals surface area contributed by atoms with Crippen LogP contribution in [0.3, 0.4) is 0 Å². The molecule has 0 amide bonds. The Bertz CT molecular complexity index is 1240. The van der Waals surface area contributed by atoms with E-state index in [0.29, 0.717) is 46.5 Å². The van der Waals surface area contributed by atoms with Crippen LogP contribution in [0.5, 0.6) is 28.7 Å². The van der Waals surface area contributed by atoms with E-state index >= 15 is 0 Å². The van der Waals surface area contributed by atoms with Gasteiger partial charge in [0, 0.05) is 17.2 Å². The van der Waals surface area contributed by atoms with Gasteiger partial charge in [0.1, 0.15) is 23.9 Å². The molecule has 170 valence electrons. The lowest BCUT2D eigenvalue weighted by Gasteiger charge is -2.13. The first-order valence-electron chi connectivity index (χ1n) is 10.5. The number of carbonyl (C=O) groups is 1. The summed E-state index contributed by atoms with van der Waals surface area (Å²) in [7, 11) is 4.66. The Morgan fingerprint density at radius 2 is 1.55 bits per heavy atom. The van der Waals surface area contributed by atoms with Crippen LogP contribution in [0.1, 0.15) is 32.6 Å². The van der Waals surface area contributed by atoms with Crippen molar-refractivity contribution < 1.29 is 28.5 Å². The van der Waals surface area contributed by atoms with Crippen molar-refractivity contribution in [1.29, 1.82) is 0 Å². The van der Waals surface area contributed by atoms with E-state index in [2.05, 4.69) is 13.0 Å². The van der Waals surface area contributed by atoms with Crippen molar-refractivity contribution in [2.75, 3.05) is 21.3 Å². The summed E-state index contributed by atoms with van der Waals surface area (Å²) in [6, 6.07) is 15.1. The lowest BCUT2D eigenvalue weighted by Crippen LogP contribution is -2.00. The van der Waals surface area contributed by atoms with Crippen molar-refractivity contribution >= 4 is 11.9 Å². The molecule has 3 aromatic carbocycles. The van der Waals surface area contributed by atoms with Gasteiger partial charge in [0.05, 0.1) is 26.9 Å². The fraction of sp³-hybridized carbons (Fsp3) is 0.222. The summed E-state index contributed by atoms with van der Waals surface area (Å²) in [5.41, 5.74) is 4.19. The predicted octanol–water partition coefficient (Wildman–Crippen LogP) is 5.52. The van der Waals surface area contributed by atoms with Crippen LogP contribution in [-0.2, 0) is 6.61 Å². The Kier molecular flexibility index (Phi) is 6.27. The summed E-state index contributed by atoms with van der Waals surface area (Å²) >= 11 is 0. The second-order valence-corrected chi connectivity index (χ2v) is 7.67. The van der Waals surface area contributed by atoms with Crippen LogP contribution in [0, 0.1) is 13.8 Å². The number of carbonyl (C=O) groups excluding carboxylic acids is 1. The van der Waals surface area contributed by atoms with Gasteiger partial charge in [-0.1, -0.05) is 24.3 Å². The standard InChI is InChI=1S/C27H26O6/c1-16-8-6-7-9-18(16)15-32-21-11-10-20-26(28)25(33-27(20)17(21)2)13-19-12-23(30-4)24(31-5)14-22(19)29-3/h6-14H,15H2,1-5H3/b25-13-. The third-order valence-electron chi connectivity index (χ3n) is 5.70. The normalized spacial score (nSPS) is 13.5. The molecule has 0 N–H and O–H groups in total. The lowest BCUT2D eigenvalue weighted by molar-refractivity contribution is 0.101. The number of hydrogen-bond acceptors (Lipinski definition) is 6. The first kappa shape index (κ1) is 22.3. The highest BCUT2D eigenvalue weighted by Gasteiger charge is 2.30. The monoisotopic (exact) mass is 446 g/mol. The topological polar surface area (TPSA) is 63.2 Å². The van der Waals surface area contributed by atoms with Crippen molar-refractivity contribution in [3.63, 3.8) is 0 Å². The Morgan fingerprint density at radius 3 is 2.24 bits per heavy atom. The van der Waals surface area contributed by atoms with Gasteiger partial charge in [0.2, 0.25) is 5.78 Å². The smallest absolute Gasteiger partial charge is 0.231 e. The quantitative estimate of drug-likeness (QED) is 0.445. The molecule has 0 saturated heterocycles. The fourth-order valence-electron chi connectivity index (χ4n) is 3.76. The molecule has 1 aliphatic heterocycles. The minimum atomic E-state index is -0.199. The van der Waals surface area contributed by atoms with Crippen LogP contribution in [0.25, 0.3) is 6.08 Å². The zero-order valence-corrected chi connectivity index (χ0v) is 19.4. The third kappa shape index (κ3) is 4.24. The van der Waals surface area contributed by atoms with Gasteiger partial charge < -0.3 is 23.7 Å². The number of methoxy groups -OCH3 is 3. The van der Waals surface area contributed by atoms with Gasteiger partial charge in [0.15, 0.2) is 17.3 Å². The number of fused-ring (bicyclic) bond motifs is 1. The molecule has 0 saturated carbocycles. The minimum Gasteiger partial charge on any atom is -0.496 e.